The molecule has 0 spiro atoms. The minimum atomic E-state index is -0.825. The fraction of sp³-hybridized carbons (Fsp3) is 0.500. The van der Waals surface area contributed by atoms with E-state index in [1.165, 1.54) is 6.20 Å². The van der Waals surface area contributed by atoms with Crippen LogP contribution < -0.4 is 10.6 Å². The molecule has 0 unspecified atom stereocenters. The van der Waals surface area contributed by atoms with Crippen molar-refractivity contribution in [2.24, 2.45) is 0 Å². The third-order valence-electron chi connectivity index (χ3n) is 5.50. The molecule has 1 aromatic heterocycles. The lowest BCUT2D eigenvalue weighted by Gasteiger charge is -2.36. The Balaban J connectivity index is 1.69. The van der Waals surface area contributed by atoms with Crippen molar-refractivity contribution in [3.63, 3.8) is 0 Å². The summed E-state index contributed by atoms with van der Waals surface area (Å²) in [6.07, 6.45) is 9.50. The van der Waals surface area contributed by atoms with Gasteiger partial charge in [-0.05, 0) is 30.9 Å². The first-order chi connectivity index (χ1) is 14.0. The molecular weight excluding hydrogens is 388 g/mol. The molecule has 2 N–H and O–H groups in total. The van der Waals surface area contributed by atoms with Crippen LogP contribution in [-0.4, -0.2) is 33.7 Å². The van der Waals surface area contributed by atoms with E-state index in [0.717, 1.165) is 37.7 Å². The number of rotatable bonds is 8. The fourth-order valence-electron chi connectivity index (χ4n) is 3.77. The van der Waals surface area contributed by atoms with E-state index in [1.807, 2.05) is 24.3 Å². The molecule has 1 aliphatic rings. The predicted octanol–water partition coefficient (Wildman–Crippen LogP) is 3.93. The molecule has 1 saturated carbocycles. The summed E-state index contributed by atoms with van der Waals surface area (Å²) in [7, 11) is 0. The number of carbonyl (C=O) groups excluding carboxylic acids is 2. The second kappa shape index (κ2) is 9.92. The average molecular weight is 417 g/mol. The highest BCUT2D eigenvalue weighted by atomic mass is 35.5. The minimum Gasteiger partial charge on any atom is -0.354 e. The predicted molar refractivity (Wildman–Crippen MR) is 114 cm³/mol. The number of hydrogen-bond donors (Lipinski definition) is 2. The van der Waals surface area contributed by atoms with Gasteiger partial charge in [0.05, 0.1) is 18.3 Å². The number of hydrogen-bond acceptors (Lipinski definition) is 3. The summed E-state index contributed by atoms with van der Waals surface area (Å²) in [6, 6.07) is 7.56. The van der Waals surface area contributed by atoms with Gasteiger partial charge in [-0.2, -0.15) is 5.10 Å². The minimum absolute atomic E-state index is 0.0672. The van der Waals surface area contributed by atoms with Crippen LogP contribution in [0, 0.1) is 0 Å². The SMILES string of the molecule is CCCCNC(=O)C1(NC(=O)c2cnn(Cc3ccccc3Cl)c2)CCCCC1. The summed E-state index contributed by atoms with van der Waals surface area (Å²) >= 11 is 6.21. The van der Waals surface area contributed by atoms with Crippen molar-refractivity contribution in [1.29, 1.82) is 0 Å². The molecule has 3 rings (SSSR count). The molecule has 7 heteroatoms. The zero-order chi connectivity index (χ0) is 20.7. The molecule has 0 aliphatic heterocycles. The summed E-state index contributed by atoms with van der Waals surface area (Å²) < 4.78 is 1.69. The Morgan fingerprint density at radius 3 is 2.69 bits per heavy atom. The van der Waals surface area contributed by atoms with Gasteiger partial charge in [-0.25, -0.2) is 0 Å². The molecular formula is C22H29ClN4O2. The average Bonchev–Trinajstić information content (AvgIpc) is 3.19. The lowest BCUT2D eigenvalue weighted by Crippen LogP contribution is -2.59. The van der Waals surface area contributed by atoms with Crippen LogP contribution in [0.25, 0.3) is 0 Å². The maximum atomic E-state index is 12.9. The molecule has 0 atom stereocenters. The highest BCUT2D eigenvalue weighted by Crippen LogP contribution is 2.29. The van der Waals surface area contributed by atoms with E-state index in [2.05, 4.69) is 22.7 Å². The van der Waals surface area contributed by atoms with Crippen molar-refractivity contribution in [3.8, 4) is 0 Å². The van der Waals surface area contributed by atoms with Crippen molar-refractivity contribution in [3.05, 3.63) is 52.8 Å². The van der Waals surface area contributed by atoms with Gasteiger partial charge in [-0.15, -0.1) is 0 Å². The summed E-state index contributed by atoms with van der Waals surface area (Å²) in [5.74, 6) is -0.328. The fourth-order valence-corrected chi connectivity index (χ4v) is 3.97. The molecule has 1 fully saturated rings. The van der Waals surface area contributed by atoms with E-state index >= 15 is 0 Å². The second-order valence-corrected chi connectivity index (χ2v) is 8.13. The van der Waals surface area contributed by atoms with E-state index in [0.29, 0.717) is 36.5 Å². The lowest BCUT2D eigenvalue weighted by atomic mass is 9.80. The molecule has 2 amide bonds. The van der Waals surface area contributed by atoms with Crippen LogP contribution >= 0.6 is 11.6 Å². The normalized spacial score (nSPS) is 15.7. The van der Waals surface area contributed by atoms with Gasteiger partial charge in [-0.1, -0.05) is 62.4 Å². The molecule has 29 heavy (non-hydrogen) atoms. The third-order valence-corrected chi connectivity index (χ3v) is 5.86. The first-order valence-corrected chi connectivity index (χ1v) is 10.8. The number of nitrogens with one attached hydrogen (secondary N) is 2. The molecule has 156 valence electrons. The topological polar surface area (TPSA) is 76.0 Å². The first-order valence-electron chi connectivity index (χ1n) is 10.4. The van der Waals surface area contributed by atoms with Crippen molar-refractivity contribution in [1.82, 2.24) is 20.4 Å². The van der Waals surface area contributed by atoms with Crippen LogP contribution in [0.3, 0.4) is 0 Å². The highest BCUT2D eigenvalue weighted by molar-refractivity contribution is 6.31. The molecule has 0 saturated heterocycles. The zero-order valence-electron chi connectivity index (χ0n) is 16.9. The quantitative estimate of drug-likeness (QED) is 0.640. The van der Waals surface area contributed by atoms with Gasteiger partial charge in [-0.3, -0.25) is 14.3 Å². The van der Waals surface area contributed by atoms with Gasteiger partial charge in [0.1, 0.15) is 5.54 Å². The largest absolute Gasteiger partial charge is 0.354 e. The summed E-state index contributed by atoms with van der Waals surface area (Å²) in [4.78, 5) is 25.8. The van der Waals surface area contributed by atoms with E-state index in [9.17, 15) is 9.59 Å². The van der Waals surface area contributed by atoms with Crippen molar-refractivity contribution < 1.29 is 9.59 Å². The highest BCUT2D eigenvalue weighted by Gasteiger charge is 2.40. The maximum Gasteiger partial charge on any atom is 0.255 e. The van der Waals surface area contributed by atoms with Crippen molar-refractivity contribution in [2.75, 3.05) is 6.54 Å². The number of halogens is 1. The van der Waals surface area contributed by atoms with Crippen LogP contribution in [0.5, 0.6) is 0 Å². The molecule has 1 aromatic carbocycles. The van der Waals surface area contributed by atoms with Gasteiger partial charge >= 0.3 is 0 Å². The summed E-state index contributed by atoms with van der Waals surface area (Å²) in [6.45, 7) is 3.21. The van der Waals surface area contributed by atoms with Gasteiger partial charge in [0.15, 0.2) is 0 Å². The van der Waals surface area contributed by atoms with E-state index < -0.39 is 5.54 Å². The number of unbranched alkanes of at least 4 members (excludes halogenated alkanes) is 1. The van der Waals surface area contributed by atoms with Gasteiger partial charge in [0, 0.05) is 17.8 Å². The second-order valence-electron chi connectivity index (χ2n) is 7.72. The van der Waals surface area contributed by atoms with Crippen LogP contribution in [0.1, 0.15) is 67.8 Å². The molecule has 1 heterocycles. The Hall–Kier alpha value is -2.34. The number of nitrogens with zero attached hydrogens (tertiary/aromatic N) is 2. The number of aromatic nitrogens is 2. The van der Waals surface area contributed by atoms with Gasteiger partial charge < -0.3 is 10.6 Å². The van der Waals surface area contributed by atoms with Crippen molar-refractivity contribution in [2.45, 2.75) is 64.0 Å². The first kappa shape index (κ1) is 21.4. The summed E-state index contributed by atoms with van der Waals surface area (Å²) in [5, 5.41) is 11.0. The van der Waals surface area contributed by atoms with Crippen LogP contribution in [0.15, 0.2) is 36.7 Å². The zero-order valence-corrected chi connectivity index (χ0v) is 17.7. The molecule has 0 radical (unpaired) electrons. The lowest BCUT2D eigenvalue weighted by molar-refractivity contribution is -0.128. The van der Waals surface area contributed by atoms with Crippen molar-refractivity contribution >= 4 is 23.4 Å². The summed E-state index contributed by atoms with van der Waals surface area (Å²) in [5.41, 5.74) is 0.556. The Morgan fingerprint density at radius 1 is 1.21 bits per heavy atom. The van der Waals surface area contributed by atoms with Gasteiger partial charge in [0.2, 0.25) is 5.91 Å². The number of carbonyl (C=O) groups is 2. The standard InChI is InChI=1S/C22H29ClN4O2/c1-2-3-13-24-21(29)22(11-7-4-8-12-22)26-20(28)18-14-25-27(16-18)15-17-9-5-6-10-19(17)23/h5-6,9-10,14,16H,2-4,7-8,11-13,15H2,1H3,(H,24,29)(H,26,28). The Labute approximate surface area is 177 Å². The molecule has 6 nitrogen and oxygen atoms in total. The third kappa shape index (κ3) is 5.38. The van der Waals surface area contributed by atoms with Crippen LogP contribution in [0.4, 0.5) is 0 Å². The van der Waals surface area contributed by atoms with E-state index in [1.54, 1.807) is 10.9 Å². The van der Waals surface area contributed by atoms with Crippen LogP contribution in [-0.2, 0) is 11.3 Å². The Morgan fingerprint density at radius 2 is 1.97 bits per heavy atom. The Kier molecular flexibility index (Phi) is 7.31. The molecule has 2 aromatic rings. The van der Waals surface area contributed by atoms with Crippen LogP contribution in [0.2, 0.25) is 5.02 Å². The van der Waals surface area contributed by atoms with E-state index in [-0.39, 0.29) is 11.8 Å². The smallest absolute Gasteiger partial charge is 0.255 e. The maximum absolute atomic E-state index is 12.9. The van der Waals surface area contributed by atoms with Gasteiger partial charge in [0.25, 0.3) is 5.91 Å². The Bertz CT molecular complexity index is 843. The molecule has 0 bridgehead atoms. The van der Waals surface area contributed by atoms with E-state index in [4.69, 9.17) is 11.6 Å². The number of amides is 2. The monoisotopic (exact) mass is 416 g/mol. The number of benzene rings is 1. The molecule has 1 aliphatic carbocycles.